The molecular formula is C13H15Cl2NOS. The van der Waals surface area contributed by atoms with Crippen molar-refractivity contribution in [1.82, 2.24) is 5.32 Å². The fraction of sp³-hybridized carbons (Fsp3) is 0.308. The van der Waals surface area contributed by atoms with E-state index in [2.05, 4.69) is 12.2 Å². The zero-order valence-electron chi connectivity index (χ0n) is 10.3. The summed E-state index contributed by atoms with van der Waals surface area (Å²) in [6.07, 6.45) is 4.49. The first-order valence-electron chi connectivity index (χ1n) is 5.57. The van der Waals surface area contributed by atoms with Crippen LogP contribution >= 0.6 is 35.0 Å². The van der Waals surface area contributed by atoms with Gasteiger partial charge in [0.2, 0.25) is 0 Å². The van der Waals surface area contributed by atoms with Crippen molar-refractivity contribution in [2.45, 2.75) is 13.3 Å². The second-order valence-electron chi connectivity index (χ2n) is 3.63. The first kappa shape index (κ1) is 15.4. The van der Waals surface area contributed by atoms with Crippen molar-refractivity contribution in [2.75, 3.05) is 12.8 Å². The number of ketones is 1. The molecule has 0 heterocycles. The van der Waals surface area contributed by atoms with Crippen LogP contribution in [0.3, 0.4) is 0 Å². The third-order valence-corrected chi connectivity index (χ3v) is 3.48. The van der Waals surface area contributed by atoms with E-state index in [0.29, 0.717) is 15.6 Å². The maximum absolute atomic E-state index is 12.1. The van der Waals surface area contributed by atoms with Gasteiger partial charge in [0.25, 0.3) is 0 Å². The molecule has 0 spiro atoms. The molecule has 1 aromatic carbocycles. The SMILES string of the molecule is CCCNC(=CC(=O)c1ccc(Cl)cc1Cl)SC. The van der Waals surface area contributed by atoms with Crippen molar-refractivity contribution >= 4 is 40.7 Å². The summed E-state index contributed by atoms with van der Waals surface area (Å²) in [4.78, 5) is 12.1. The maximum atomic E-state index is 12.1. The first-order chi connectivity index (χ1) is 8.58. The molecule has 98 valence electrons. The van der Waals surface area contributed by atoms with E-state index in [1.54, 1.807) is 24.3 Å². The summed E-state index contributed by atoms with van der Waals surface area (Å²) in [6, 6.07) is 4.87. The van der Waals surface area contributed by atoms with Crippen LogP contribution in [-0.2, 0) is 0 Å². The molecule has 0 amide bonds. The second kappa shape index (κ2) is 7.72. The number of hydrogen-bond acceptors (Lipinski definition) is 3. The fourth-order valence-electron chi connectivity index (χ4n) is 1.32. The third kappa shape index (κ3) is 4.56. The topological polar surface area (TPSA) is 29.1 Å². The van der Waals surface area contributed by atoms with Gasteiger partial charge in [-0.15, -0.1) is 11.8 Å². The zero-order valence-corrected chi connectivity index (χ0v) is 12.6. The molecule has 0 atom stereocenters. The van der Waals surface area contributed by atoms with Gasteiger partial charge in [-0.1, -0.05) is 30.1 Å². The Balaban J connectivity index is 2.88. The van der Waals surface area contributed by atoms with Gasteiger partial charge in [-0.25, -0.2) is 0 Å². The lowest BCUT2D eigenvalue weighted by atomic mass is 10.1. The van der Waals surface area contributed by atoms with Crippen molar-refractivity contribution in [1.29, 1.82) is 0 Å². The zero-order chi connectivity index (χ0) is 13.5. The van der Waals surface area contributed by atoms with Gasteiger partial charge < -0.3 is 5.32 Å². The first-order valence-corrected chi connectivity index (χ1v) is 7.55. The molecule has 0 aliphatic carbocycles. The fourth-order valence-corrected chi connectivity index (χ4v) is 2.29. The number of benzene rings is 1. The molecule has 18 heavy (non-hydrogen) atoms. The minimum atomic E-state index is -0.121. The average Bonchev–Trinajstić information content (AvgIpc) is 2.34. The molecule has 0 aliphatic heterocycles. The molecule has 0 aliphatic rings. The van der Waals surface area contributed by atoms with Crippen LogP contribution in [0.2, 0.25) is 10.0 Å². The number of halogens is 2. The molecule has 1 N–H and O–H groups in total. The van der Waals surface area contributed by atoms with Crippen molar-refractivity contribution in [3.8, 4) is 0 Å². The van der Waals surface area contributed by atoms with Crippen LogP contribution in [0, 0.1) is 0 Å². The van der Waals surface area contributed by atoms with E-state index in [4.69, 9.17) is 23.2 Å². The lowest BCUT2D eigenvalue weighted by Gasteiger charge is -2.07. The lowest BCUT2D eigenvalue weighted by Crippen LogP contribution is -2.13. The van der Waals surface area contributed by atoms with Crippen LogP contribution in [0.5, 0.6) is 0 Å². The van der Waals surface area contributed by atoms with E-state index in [1.807, 2.05) is 6.26 Å². The van der Waals surface area contributed by atoms with Gasteiger partial charge in [-0.05, 0) is 30.9 Å². The second-order valence-corrected chi connectivity index (χ2v) is 5.32. The Morgan fingerprint density at radius 1 is 1.44 bits per heavy atom. The summed E-state index contributed by atoms with van der Waals surface area (Å²) < 4.78 is 0. The largest absolute Gasteiger partial charge is 0.380 e. The number of carbonyl (C=O) groups excluding carboxylic acids is 1. The average molecular weight is 304 g/mol. The van der Waals surface area contributed by atoms with Crippen LogP contribution in [0.4, 0.5) is 0 Å². The van der Waals surface area contributed by atoms with E-state index >= 15 is 0 Å². The van der Waals surface area contributed by atoms with Crippen molar-refractivity contribution < 1.29 is 4.79 Å². The molecule has 0 radical (unpaired) electrons. The molecule has 0 unspecified atom stereocenters. The highest BCUT2D eigenvalue weighted by atomic mass is 35.5. The van der Waals surface area contributed by atoms with E-state index in [1.165, 1.54) is 11.8 Å². The van der Waals surface area contributed by atoms with Gasteiger partial charge in [-0.2, -0.15) is 0 Å². The molecule has 1 rings (SSSR count). The monoisotopic (exact) mass is 303 g/mol. The Labute approximate surface area is 122 Å². The summed E-state index contributed by atoms with van der Waals surface area (Å²) in [5, 5.41) is 4.92. The minimum absolute atomic E-state index is 0.121. The van der Waals surface area contributed by atoms with Crippen molar-refractivity contribution in [3.63, 3.8) is 0 Å². The summed E-state index contributed by atoms with van der Waals surface area (Å²) in [5.41, 5.74) is 0.464. The van der Waals surface area contributed by atoms with Gasteiger partial charge in [0.15, 0.2) is 5.78 Å². The predicted molar refractivity (Wildman–Crippen MR) is 80.7 cm³/mol. The number of thioether (sulfide) groups is 1. The lowest BCUT2D eigenvalue weighted by molar-refractivity contribution is 0.104. The number of hydrogen-bond donors (Lipinski definition) is 1. The Morgan fingerprint density at radius 3 is 2.72 bits per heavy atom. The van der Waals surface area contributed by atoms with E-state index in [0.717, 1.165) is 18.0 Å². The van der Waals surface area contributed by atoms with E-state index < -0.39 is 0 Å². The Morgan fingerprint density at radius 2 is 2.17 bits per heavy atom. The molecule has 0 bridgehead atoms. The highest BCUT2D eigenvalue weighted by molar-refractivity contribution is 8.02. The molecule has 5 heteroatoms. The van der Waals surface area contributed by atoms with Crippen molar-refractivity contribution in [3.05, 3.63) is 44.9 Å². The number of allylic oxidation sites excluding steroid dienone is 1. The molecule has 1 aromatic rings. The molecule has 2 nitrogen and oxygen atoms in total. The molecule has 0 saturated carbocycles. The van der Waals surface area contributed by atoms with Crippen molar-refractivity contribution in [2.24, 2.45) is 0 Å². The molecule has 0 aromatic heterocycles. The Hall–Kier alpha value is -0.640. The highest BCUT2D eigenvalue weighted by Gasteiger charge is 2.09. The normalized spacial score (nSPS) is 11.4. The smallest absolute Gasteiger partial charge is 0.189 e. The molecular weight excluding hydrogens is 289 g/mol. The third-order valence-electron chi connectivity index (χ3n) is 2.23. The number of carbonyl (C=O) groups is 1. The van der Waals surface area contributed by atoms with Crippen LogP contribution in [0.25, 0.3) is 0 Å². The van der Waals surface area contributed by atoms with Gasteiger partial charge in [0.05, 0.1) is 10.1 Å². The van der Waals surface area contributed by atoms with E-state index in [9.17, 15) is 4.79 Å². The standard InChI is InChI=1S/C13H15Cl2NOS/c1-3-6-16-13(18-2)8-12(17)10-5-4-9(14)7-11(10)15/h4-5,7-8,16H,3,6H2,1-2H3. The predicted octanol–water partition coefficient (Wildman–Crippen LogP) is 4.38. The summed E-state index contributed by atoms with van der Waals surface area (Å²) >= 11 is 13.3. The Bertz CT molecular complexity index is 460. The van der Waals surface area contributed by atoms with Crippen LogP contribution < -0.4 is 5.32 Å². The minimum Gasteiger partial charge on any atom is -0.380 e. The summed E-state index contributed by atoms with van der Waals surface area (Å²) in [5.74, 6) is -0.121. The van der Waals surface area contributed by atoms with Gasteiger partial charge >= 0.3 is 0 Å². The van der Waals surface area contributed by atoms with Crippen LogP contribution in [-0.4, -0.2) is 18.6 Å². The maximum Gasteiger partial charge on any atom is 0.189 e. The Kier molecular flexibility index (Phi) is 6.61. The quantitative estimate of drug-likeness (QED) is 0.624. The van der Waals surface area contributed by atoms with Crippen LogP contribution in [0.15, 0.2) is 29.3 Å². The summed E-state index contributed by atoms with van der Waals surface area (Å²) in [6.45, 7) is 2.91. The highest BCUT2D eigenvalue weighted by Crippen LogP contribution is 2.22. The van der Waals surface area contributed by atoms with Crippen LogP contribution in [0.1, 0.15) is 23.7 Å². The van der Waals surface area contributed by atoms with E-state index in [-0.39, 0.29) is 5.78 Å². The number of nitrogens with one attached hydrogen (secondary N) is 1. The molecule has 0 saturated heterocycles. The van der Waals surface area contributed by atoms with Gasteiger partial charge in [-0.3, -0.25) is 4.79 Å². The number of rotatable bonds is 6. The van der Waals surface area contributed by atoms with Gasteiger partial charge in [0.1, 0.15) is 0 Å². The van der Waals surface area contributed by atoms with Gasteiger partial charge in [0, 0.05) is 23.2 Å². The summed E-state index contributed by atoms with van der Waals surface area (Å²) in [7, 11) is 0. The molecule has 0 fully saturated rings.